The van der Waals surface area contributed by atoms with Crippen LogP contribution in [0.25, 0.3) is 0 Å². The molecular formula is C7H7FMgO2. The van der Waals surface area contributed by atoms with Gasteiger partial charge in [0.1, 0.15) is 5.82 Å². The fraction of sp³-hybridized carbons (Fsp3) is 0. The van der Waals surface area contributed by atoms with Crippen molar-refractivity contribution in [1.29, 1.82) is 0 Å². The number of carbonyl (C=O) groups is 1. The van der Waals surface area contributed by atoms with E-state index in [0.717, 1.165) is 12.1 Å². The van der Waals surface area contributed by atoms with Crippen molar-refractivity contribution in [3.8, 4) is 0 Å². The number of halogens is 1. The van der Waals surface area contributed by atoms with E-state index in [0.29, 0.717) is 0 Å². The molecule has 0 bridgehead atoms. The minimum absolute atomic E-state index is 0. The van der Waals surface area contributed by atoms with E-state index in [1.807, 2.05) is 0 Å². The summed E-state index contributed by atoms with van der Waals surface area (Å²) in [5.41, 5.74) is 0.0985. The molecule has 0 radical (unpaired) electrons. The summed E-state index contributed by atoms with van der Waals surface area (Å²) in [7, 11) is 0. The molecule has 0 fully saturated rings. The molecule has 0 atom stereocenters. The zero-order chi connectivity index (χ0) is 7.56. The van der Waals surface area contributed by atoms with E-state index in [1.165, 1.54) is 12.1 Å². The Morgan fingerprint density at radius 2 is 1.82 bits per heavy atom. The first-order valence-electron chi connectivity index (χ1n) is 2.69. The van der Waals surface area contributed by atoms with E-state index >= 15 is 0 Å². The zero-order valence-electron chi connectivity index (χ0n) is 7.75. The van der Waals surface area contributed by atoms with Crippen LogP contribution < -0.4 is 0 Å². The number of benzene rings is 1. The second-order valence-electron chi connectivity index (χ2n) is 1.81. The van der Waals surface area contributed by atoms with Crippen molar-refractivity contribution in [2.75, 3.05) is 0 Å². The number of hydrogen-bond acceptors (Lipinski definition) is 1. The van der Waals surface area contributed by atoms with E-state index in [-0.39, 0.29) is 31.5 Å². The van der Waals surface area contributed by atoms with Crippen molar-refractivity contribution in [3.05, 3.63) is 35.6 Å². The number of carboxylic acid groups (broad SMARTS) is 1. The van der Waals surface area contributed by atoms with E-state index in [9.17, 15) is 9.18 Å². The molecule has 0 aliphatic rings. The van der Waals surface area contributed by atoms with Gasteiger partial charge in [-0.1, -0.05) is 0 Å². The van der Waals surface area contributed by atoms with Crippen LogP contribution in [0.15, 0.2) is 24.3 Å². The molecule has 0 aliphatic heterocycles. The van der Waals surface area contributed by atoms with Gasteiger partial charge in [-0.05, 0) is 24.3 Å². The van der Waals surface area contributed by atoms with Crippen LogP contribution in [-0.4, -0.2) is 34.1 Å². The summed E-state index contributed by atoms with van der Waals surface area (Å²) in [6, 6.07) is 4.67. The predicted octanol–water partition coefficient (Wildman–Crippen LogP) is 1.37. The second-order valence-corrected chi connectivity index (χ2v) is 1.81. The molecule has 1 N–H and O–H groups in total. The molecule has 0 amide bonds. The third-order valence-electron chi connectivity index (χ3n) is 1.09. The first-order valence-corrected chi connectivity index (χ1v) is 2.69. The summed E-state index contributed by atoms with van der Waals surface area (Å²) in [5.74, 6) is -1.47. The largest absolute Gasteiger partial charge is 2.00 e. The van der Waals surface area contributed by atoms with Gasteiger partial charge in [-0.2, -0.15) is 0 Å². The molecule has 0 unspecified atom stereocenters. The van der Waals surface area contributed by atoms with Gasteiger partial charge in [0.2, 0.25) is 0 Å². The maximum absolute atomic E-state index is 12.2. The number of rotatable bonds is 1. The first kappa shape index (κ1) is 10.4. The third kappa shape index (κ3) is 2.86. The maximum Gasteiger partial charge on any atom is 2.00 e. The summed E-state index contributed by atoms with van der Waals surface area (Å²) in [5, 5.41) is 8.35. The molecule has 2 nitrogen and oxygen atoms in total. The molecule has 0 saturated carbocycles. The van der Waals surface area contributed by atoms with Crippen LogP contribution in [0.5, 0.6) is 0 Å². The summed E-state index contributed by atoms with van der Waals surface area (Å²) >= 11 is 0. The molecule has 4 heteroatoms. The Morgan fingerprint density at radius 3 is 2.18 bits per heavy atom. The van der Waals surface area contributed by atoms with Gasteiger partial charge in [-0.25, -0.2) is 9.18 Å². The van der Waals surface area contributed by atoms with Crippen LogP contribution in [0.1, 0.15) is 13.2 Å². The molecule has 0 heterocycles. The Balaban J connectivity index is -0.000000333. The Bertz CT molecular complexity index is 253. The Hall–Kier alpha value is -0.614. The molecule has 1 aromatic rings. The molecule has 1 rings (SSSR count). The summed E-state index contributed by atoms with van der Waals surface area (Å²) in [4.78, 5) is 10.2. The van der Waals surface area contributed by atoms with Gasteiger partial charge in [0, 0.05) is 0 Å². The average Bonchev–Trinajstić information content (AvgIpc) is 1.88. The molecule has 0 saturated heterocycles. The molecule has 0 spiro atoms. The average molecular weight is 166 g/mol. The van der Waals surface area contributed by atoms with Crippen LogP contribution in [0, 0.1) is 5.82 Å². The van der Waals surface area contributed by atoms with Crippen LogP contribution in [0.2, 0.25) is 0 Å². The van der Waals surface area contributed by atoms with Crippen LogP contribution in [-0.2, 0) is 0 Å². The first-order chi connectivity index (χ1) is 4.70. The summed E-state index contributed by atoms with van der Waals surface area (Å²) in [6.07, 6.45) is 0. The zero-order valence-corrected chi connectivity index (χ0v) is 7.16. The van der Waals surface area contributed by atoms with E-state index in [2.05, 4.69) is 0 Å². The van der Waals surface area contributed by atoms with Gasteiger partial charge >= 0.3 is 29.0 Å². The second kappa shape index (κ2) is 4.30. The van der Waals surface area contributed by atoms with Crippen molar-refractivity contribution in [2.45, 2.75) is 0 Å². The number of aromatic carboxylic acids is 1. The molecule has 1 aromatic carbocycles. The Labute approximate surface area is 82.2 Å². The van der Waals surface area contributed by atoms with Crippen LogP contribution in [0.3, 0.4) is 0 Å². The third-order valence-corrected chi connectivity index (χ3v) is 1.09. The predicted molar refractivity (Wildman–Crippen MR) is 41.3 cm³/mol. The fourth-order valence-electron chi connectivity index (χ4n) is 0.592. The van der Waals surface area contributed by atoms with Gasteiger partial charge in [-0.3, -0.25) is 0 Å². The van der Waals surface area contributed by atoms with Crippen molar-refractivity contribution >= 4 is 29.0 Å². The number of hydrogen-bond donors (Lipinski definition) is 1. The molecule has 11 heavy (non-hydrogen) atoms. The molecule has 56 valence electrons. The molecule has 0 aromatic heterocycles. The van der Waals surface area contributed by atoms with Gasteiger partial charge in [0.25, 0.3) is 0 Å². The van der Waals surface area contributed by atoms with Gasteiger partial charge in [-0.15, -0.1) is 0 Å². The van der Waals surface area contributed by atoms with Gasteiger partial charge in [0.05, 0.1) is 5.56 Å². The standard InChI is InChI=1S/C7H5FO2.Mg.2H/c8-6-3-1-5(2-4-6)7(9)10;;;/h1-4H,(H,9,10);;;/q;+2;2*-1. The van der Waals surface area contributed by atoms with Crippen molar-refractivity contribution < 1.29 is 17.1 Å². The van der Waals surface area contributed by atoms with E-state index in [4.69, 9.17) is 5.11 Å². The van der Waals surface area contributed by atoms with Gasteiger partial charge < -0.3 is 7.96 Å². The van der Waals surface area contributed by atoms with E-state index in [1.54, 1.807) is 0 Å². The smallest absolute Gasteiger partial charge is 1.00 e. The Morgan fingerprint density at radius 1 is 1.36 bits per heavy atom. The van der Waals surface area contributed by atoms with Crippen LogP contribution in [0.4, 0.5) is 4.39 Å². The molecule has 0 aliphatic carbocycles. The topological polar surface area (TPSA) is 37.3 Å². The van der Waals surface area contributed by atoms with Crippen molar-refractivity contribution in [2.24, 2.45) is 0 Å². The van der Waals surface area contributed by atoms with Crippen LogP contribution >= 0.6 is 0 Å². The summed E-state index contributed by atoms with van der Waals surface area (Å²) < 4.78 is 12.2. The minimum Gasteiger partial charge on any atom is -1.00 e. The normalized spacial score (nSPS) is 8.45. The quantitative estimate of drug-likeness (QED) is 0.640. The maximum atomic E-state index is 12.2. The van der Waals surface area contributed by atoms with E-state index < -0.39 is 11.8 Å². The van der Waals surface area contributed by atoms with Crippen molar-refractivity contribution in [1.82, 2.24) is 0 Å². The fourth-order valence-corrected chi connectivity index (χ4v) is 0.592. The van der Waals surface area contributed by atoms with Crippen molar-refractivity contribution in [3.63, 3.8) is 0 Å². The minimum atomic E-state index is -1.04. The monoisotopic (exact) mass is 166 g/mol. The SMILES string of the molecule is O=C(O)c1ccc(F)cc1.[H-].[H-].[Mg+2]. The Kier molecular flexibility index (Phi) is 4.06. The van der Waals surface area contributed by atoms with Gasteiger partial charge in [0.15, 0.2) is 0 Å². The molecular weight excluding hydrogens is 159 g/mol. The summed E-state index contributed by atoms with van der Waals surface area (Å²) in [6.45, 7) is 0. The number of carboxylic acids is 1.